The molecule has 88 valence electrons. The van der Waals surface area contributed by atoms with E-state index in [0.717, 1.165) is 0 Å². The molecule has 0 aromatic rings. The fraction of sp³-hybridized carbons (Fsp3) is 0.750. The van der Waals surface area contributed by atoms with Gasteiger partial charge in [-0.25, -0.2) is 4.79 Å². The summed E-state index contributed by atoms with van der Waals surface area (Å²) >= 11 is 0. The van der Waals surface area contributed by atoms with Gasteiger partial charge in [-0.3, -0.25) is 4.79 Å². The number of amides is 1. The standard InChI is InChI=1S/C8H16N2O5/c1-3(11)5(9)7(13)10-6(4(2)12)8(14)15/h3-6,11-12H,9H2,1-2H3,(H,10,13)(H,14,15)/t3?,4?,5-,6-/m0/s1. The maximum atomic E-state index is 11.2. The Kier molecular flexibility index (Phi) is 5.20. The minimum absolute atomic E-state index is 0.821. The second-order valence-electron chi connectivity index (χ2n) is 3.33. The van der Waals surface area contributed by atoms with Gasteiger partial charge < -0.3 is 26.4 Å². The Morgan fingerprint density at radius 2 is 1.67 bits per heavy atom. The first-order chi connectivity index (χ1) is 6.77. The van der Waals surface area contributed by atoms with Gasteiger partial charge >= 0.3 is 5.97 Å². The van der Waals surface area contributed by atoms with E-state index >= 15 is 0 Å². The molecule has 0 bridgehead atoms. The van der Waals surface area contributed by atoms with Gasteiger partial charge in [0.25, 0.3) is 0 Å². The highest BCUT2D eigenvalue weighted by atomic mass is 16.4. The van der Waals surface area contributed by atoms with E-state index in [9.17, 15) is 9.59 Å². The summed E-state index contributed by atoms with van der Waals surface area (Å²) in [6.45, 7) is 2.54. The third-order valence-electron chi connectivity index (χ3n) is 1.87. The SMILES string of the molecule is CC(O)[C@H](N)C(=O)N[C@H](C(=O)O)C(C)O. The number of aliphatic hydroxyl groups is 2. The molecular weight excluding hydrogens is 204 g/mol. The molecule has 0 saturated heterocycles. The minimum Gasteiger partial charge on any atom is -0.480 e. The molecule has 0 aliphatic carbocycles. The van der Waals surface area contributed by atoms with Crippen LogP contribution in [0.2, 0.25) is 0 Å². The van der Waals surface area contributed by atoms with E-state index in [1.54, 1.807) is 0 Å². The van der Waals surface area contributed by atoms with Gasteiger partial charge in [0.05, 0.1) is 12.2 Å². The van der Waals surface area contributed by atoms with Crippen molar-refractivity contribution in [3.05, 3.63) is 0 Å². The molecule has 4 atom stereocenters. The zero-order valence-electron chi connectivity index (χ0n) is 8.54. The van der Waals surface area contributed by atoms with E-state index in [1.807, 2.05) is 5.32 Å². The number of carbonyl (C=O) groups excluding carboxylic acids is 1. The Labute approximate surface area is 86.9 Å². The Morgan fingerprint density at radius 1 is 1.20 bits per heavy atom. The highest BCUT2D eigenvalue weighted by Crippen LogP contribution is 1.96. The predicted octanol–water partition coefficient (Wildman–Crippen LogP) is -2.36. The molecule has 0 spiro atoms. The summed E-state index contributed by atoms with van der Waals surface area (Å²) in [5.41, 5.74) is 5.27. The molecule has 0 rings (SSSR count). The normalized spacial score (nSPS) is 18.7. The van der Waals surface area contributed by atoms with Gasteiger partial charge in [-0.05, 0) is 13.8 Å². The first-order valence-corrected chi connectivity index (χ1v) is 4.42. The highest BCUT2D eigenvalue weighted by Gasteiger charge is 2.28. The molecule has 2 unspecified atom stereocenters. The van der Waals surface area contributed by atoms with Crippen LogP contribution in [0.4, 0.5) is 0 Å². The van der Waals surface area contributed by atoms with E-state index < -0.39 is 36.2 Å². The maximum Gasteiger partial charge on any atom is 0.328 e. The Morgan fingerprint density at radius 3 is 1.93 bits per heavy atom. The topological polar surface area (TPSA) is 133 Å². The van der Waals surface area contributed by atoms with Crippen molar-refractivity contribution in [2.24, 2.45) is 5.73 Å². The van der Waals surface area contributed by atoms with E-state index in [0.29, 0.717) is 0 Å². The Balaban J connectivity index is 4.43. The quantitative estimate of drug-likeness (QED) is 0.352. The maximum absolute atomic E-state index is 11.2. The molecule has 1 amide bonds. The zero-order valence-corrected chi connectivity index (χ0v) is 8.54. The summed E-state index contributed by atoms with van der Waals surface area (Å²) in [5.74, 6) is -2.19. The van der Waals surface area contributed by atoms with Gasteiger partial charge in [0, 0.05) is 0 Å². The number of nitrogens with one attached hydrogen (secondary N) is 1. The monoisotopic (exact) mass is 220 g/mol. The first-order valence-electron chi connectivity index (χ1n) is 4.42. The third kappa shape index (κ3) is 4.24. The van der Waals surface area contributed by atoms with E-state index in [-0.39, 0.29) is 0 Å². The molecule has 7 nitrogen and oxygen atoms in total. The lowest BCUT2D eigenvalue weighted by Gasteiger charge is -2.20. The second kappa shape index (κ2) is 5.64. The molecule has 0 radical (unpaired) electrons. The van der Waals surface area contributed by atoms with Crippen molar-refractivity contribution >= 4 is 11.9 Å². The lowest BCUT2D eigenvalue weighted by atomic mass is 10.1. The summed E-state index contributed by atoms with van der Waals surface area (Å²) in [6.07, 6.45) is -2.33. The summed E-state index contributed by atoms with van der Waals surface area (Å²) in [6, 6.07) is -2.65. The van der Waals surface area contributed by atoms with Gasteiger partial charge in [0.2, 0.25) is 5.91 Å². The molecular formula is C8H16N2O5. The van der Waals surface area contributed by atoms with Gasteiger partial charge in [0.15, 0.2) is 6.04 Å². The van der Waals surface area contributed by atoms with Crippen LogP contribution in [-0.2, 0) is 9.59 Å². The van der Waals surface area contributed by atoms with Crippen LogP contribution in [0.5, 0.6) is 0 Å². The molecule has 0 aromatic carbocycles. The number of hydrogen-bond donors (Lipinski definition) is 5. The summed E-state index contributed by atoms with van der Waals surface area (Å²) in [5, 5.41) is 28.7. The van der Waals surface area contributed by atoms with Crippen LogP contribution < -0.4 is 11.1 Å². The van der Waals surface area contributed by atoms with E-state index in [4.69, 9.17) is 21.1 Å². The third-order valence-corrected chi connectivity index (χ3v) is 1.87. The lowest BCUT2D eigenvalue weighted by Crippen LogP contribution is -2.55. The van der Waals surface area contributed by atoms with Crippen molar-refractivity contribution in [2.45, 2.75) is 38.1 Å². The number of aliphatic hydroxyl groups excluding tert-OH is 2. The number of hydrogen-bond acceptors (Lipinski definition) is 5. The van der Waals surface area contributed by atoms with Gasteiger partial charge in [-0.1, -0.05) is 0 Å². The summed E-state index contributed by atoms with van der Waals surface area (Å²) in [7, 11) is 0. The van der Waals surface area contributed by atoms with Crippen LogP contribution in [0, 0.1) is 0 Å². The van der Waals surface area contributed by atoms with Crippen LogP contribution >= 0.6 is 0 Å². The number of rotatable bonds is 5. The van der Waals surface area contributed by atoms with E-state index in [1.165, 1.54) is 13.8 Å². The van der Waals surface area contributed by atoms with Crippen molar-refractivity contribution < 1.29 is 24.9 Å². The van der Waals surface area contributed by atoms with Crippen LogP contribution in [-0.4, -0.2) is 51.5 Å². The molecule has 0 aliphatic rings. The molecule has 0 heterocycles. The zero-order chi connectivity index (χ0) is 12.2. The number of aliphatic carboxylic acids is 1. The fourth-order valence-electron chi connectivity index (χ4n) is 0.857. The Bertz CT molecular complexity index is 241. The van der Waals surface area contributed by atoms with Crippen LogP contribution in [0.15, 0.2) is 0 Å². The fourth-order valence-corrected chi connectivity index (χ4v) is 0.857. The number of carbonyl (C=O) groups is 2. The van der Waals surface area contributed by atoms with Crippen molar-refractivity contribution in [2.75, 3.05) is 0 Å². The molecule has 6 N–H and O–H groups in total. The van der Waals surface area contributed by atoms with Gasteiger partial charge in [0.1, 0.15) is 6.04 Å². The first kappa shape index (κ1) is 13.8. The van der Waals surface area contributed by atoms with Gasteiger partial charge in [-0.15, -0.1) is 0 Å². The molecule has 0 aromatic heterocycles. The van der Waals surface area contributed by atoms with E-state index in [2.05, 4.69) is 0 Å². The predicted molar refractivity (Wildman–Crippen MR) is 50.9 cm³/mol. The van der Waals surface area contributed by atoms with Gasteiger partial charge in [-0.2, -0.15) is 0 Å². The van der Waals surface area contributed by atoms with Crippen molar-refractivity contribution in [3.8, 4) is 0 Å². The molecule has 15 heavy (non-hydrogen) atoms. The lowest BCUT2D eigenvalue weighted by molar-refractivity contribution is -0.145. The van der Waals surface area contributed by atoms with Crippen molar-refractivity contribution in [3.63, 3.8) is 0 Å². The van der Waals surface area contributed by atoms with Crippen molar-refractivity contribution in [1.82, 2.24) is 5.32 Å². The number of nitrogens with two attached hydrogens (primary N) is 1. The molecule has 7 heteroatoms. The minimum atomic E-state index is -1.43. The smallest absolute Gasteiger partial charge is 0.328 e. The van der Waals surface area contributed by atoms with Crippen LogP contribution in [0.1, 0.15) is 13.8 Å². The van der Waals surface area contributed by atoms with Crippen LogP contribution in [0.3, 0.4) is 0 Å². The highest BCUT2D eigenvalue weighted by molar-refractivity contribution is 5.87. The largest absolute Gasteiger partial charge is 0.480 e. The van der Waals surface area contributed by atoms with Crippen molar-refractivity contribution in [1.29, 1.82) is 0 Å². The average Bonchev–Trinajstić information content (AvgIpc) is 2.11. The Hall–Kier alpha value is -1.18. The van der Waals surface area contributed by atoms with Crippen LogP contribution in [0.25, 0.3) is 0 Å². The molecule has 0 aliphatic heterocycles. The summed E-state index contributed by atoms with van der Waals surface area (Å²) < 4.78 is 0. The average molecular weight is 220 g/mol. The number of carboxylic acid groups (broad SMARTS) is 1. The molecule has 0 fully saturated rings. The number of carboxylic acids is 1. The summed E-state index contributed by atoms with van der Waals surface area (Å²) in [4.78, 5) is 21.8. The second-order valence-corrected chi connectivity index (χ2v) is 3.33. The molecule has 0 saturated carbocycles.